The first-order valence-corrected chi connectivity index (χ1v) is 11.0. The van der Waals surface area contributed by atoms with Crippen molar-refractivity contribution in [1.29, 1.82) is 0 Å². The average Bonchev–Trinajstić information content (AvgIpc) is 3.12. The number of nitrogens with one attached hydrogen (secondary N) is 1. The summed E-state index contributed by atoms with van der Waals surface area (Å²) in [4.78, 5) is 42.1. The number of alkyl carbamates (subject to hydrolysis) is 1. The number of carbonyl (C=O) groups is 3. The molecular formula is C19H31N3O5S. The third kappa shape index (κ3) is 4.40. The number of nitrogens with zero attached hydrogens (tertiary/aromatic N) is 2. The molecule has 8 nitrogen and oxygen atoms in total. The monoisotopic (exact) mass is 413 g/mol. The molecule has 0 bridgehead atoms. The molecule has 3 heterocycles. The molecule has 9 heteroatoms. The van der Waals surface area contributed by atoms with Gasteiger partial charge in [0.05, 0.1) is 12.5 Å². The Hall–Kier alpha value is -1.48. The first kappa shape index (κ1) is 21.2. The molecule has 0 aromatic carbocycles. The van der Waals surface area contributed by atoms with Crippen LogP contribution >= 0.6 is 11.8 Å². The molecule has 0 unspecified atom stereocenters. The second kappa shape index (κ2) is 8.10. The van der Waals surface area contributed by atoms with Gasteiger partial charge in [-0.1, -0.05) is 6.42 Å². The Morgan fingerprint density at radius 3 is 2.54 bits per heavy atom. The molecule has 0 aromatic rings. The molecule has 158 valence electrons. The van der Waals surface area contributed by atoms with E-state index in [2.05, 4.69) is 10.2 Å². The number of hydrogen-bond acceptors (Lipinski definition) is 7. The van der Waals surface area contributed by atoms with E-state index in [1.165, 1.54) is 13.5 Å². The summed E-state index contributed by atoms with van der Waals surface area (Å²) in [6.45, 7) is 7.63. The van der Waals surface area contributed by atoms with Crippen LogP contribution in [0.5, 0.6) is 0 Å². The number of thioether (sulfide) groups is 1. The zero-order valence-electron chi connectivity index (χ0n) is 17.2. The van der Waals surface area contributed by atoms with Crippen LogP contribution in [0, 0.1) is 0 Å². The number of likely N-dealkylation sites (tertiary alicyclic amines) is 1. The van der Waals surface area contributed by atoms with E-state index in [0.717, 1.165) is 25.9 Å². The largest absolute Gasteiger partial charge is 0.467 e. The fourth-order valence-corrected chi connectivity index (χ4v) is 5.72. The van der Waals surface area contributed by atoms with Crippen molar-refractivity contribution in [2.75, 3.05) is 32.5 Å². The molecule has 0 spiro atoms. The van der Waals surface area contributed by atoms with E-state index in [0.29, 0.717) is 18.7 Å². The Morgan fingerprint density at radius 2 is 1.93 bits per heavy atom. The highest BCUT2D eigenvalue weighted by Crippen LogP contribution is 2.43. The van der Waals surface area contributed by atoms with Gasteiger partial charge in [-0.3, -0.25) is 4.79 Å². The van der Waals surface area contributed by atoms with Gasteiger partial charge in [0.25, 0.3) is 5.91 Å². The second-order valence-electron chi connectivity index (χ2n) is 8.79. The standard InChI is InChI=1S/C19H31N3O5S/c1-18(2,3)27-17(25)20-19(12-21-8-6-5-7-9-21)10-14-22(16(19)24)13(11-28-14)15(23)26-4/h13-14H,5-12H2,1-4H3,(H,20,25)/t13-,14-,19-/m0/s1. The maximum atomic E-state index is 13.5. The Bertz CT molecular complexity index is 632. The van der Waals surface area contributed by atoms with Gasteiger partial charge in [0.2, 0.25) is 0 Å². The van der Waals surface area contributed by atoms with Crippen LogP contribution in [0.25, 0.3) is 0 Å². The van der Waals surface area contributed by atoms with Crippen LogP contribution in [0.3, 0.4) is 0 Å². The molecule has 0 aliphatic carbocycles. The Balaban J connectivity index is 1.83. The fraction of sp³-hybridized carbons (Fsp3) is 0.842. The number of amides is 2. The molecule has 0 radical (unpaired) electrons. The second-order valence-corrected chi connectivity index (χ2v) is 10.0. The third-order valence-electron chi connectivity index (χ3n) is 5.42. The van der Waals surface area contributed by atoms with E-state index in [1.54, 1.807) is 37.4 Å². The van der Waals surface area contributed by atoms with Crippen molar-refractivity contribution >= 4 is 29.7 Å². The number of rotatable bonds is 4. The highest BCUT2D eigenvalue weighted by Gasteiger charge is 2.59. The zero-order chi connectivity index (χ0) is 20.5. The van der Waals surface area contributed by atoms with E-state index < -0.39 is 29.2 Å². The number of piperidine rings is 1. The van der Waals surface area contributed by atoms with Crippen LogP contribution in [0.2, 0.25) is 0 Å². The predicted octanol–water partition coefficient (Wildman–Crippen LogP) is 1.58. The smallest absolute Gasteiger partial charge is 0.408 e. The summed E-state index contributed by atoms with van der Waals surface area (Å²) in [6, 6.07) is -0.601. The lowest BCUT2D eigenvalue weighted by Gasteiger charge is -2.37. The van der Waals surface area contributed by atoms with Crippen molar-refractivity contribution in [2.45, 2.75) is 69.0 Å². The predicted molar refractivity (Wildman–Crippen MR) is 106 cm³/mol. The molecular weight excluding hydrogens is 382 g/mol. The minimum atomic E-state index is -1.08. The summed E-state index contributed by atoms with van der Waals surface area (Å²) in [7, 11) is 1.33. The lowest BCUT2D eigenvalue weighted by atomic mass is 9.95. The molecule has 3 rings (SSSR count). The summed E-state index contributed by atoms with van der Waals surface area (Å²) >= 11 is 1.57. The first-order valence-electron chi connectivity index (χ1n) is 9.91. The van der Waals surface area contributed by atoms with E-state index in [9.17, 15) is 14.4 Å². The lowest BCUT2D eigenvalue weighted by molar-refractivity contribution is -0.151. The molecule has 28 heavy (non-hydrogen) atoms. The summed E-state index contributed by atoms with van der Waals surface area (Å²) in [5.41, 5.74) is -1.73. The van der Waals surface area contributed by atoms with Crippen molar-refractivity contribution in [3.8, 4) is 0 Å². The van der Waals surface area contributed by atoms with Crippen LogP contribution in [-0.4, -0.2) is 82.8 Å². The van der Waals surface area contributed by atoms with Gasteiger partial charge in [0, 0.05) is 18.7 Å². The number of esters is 1. The first-order chi connectivity index (χ1) is 13.1. The Morgan fingerprint density at radius 1 is 1.25 bits per heavy atom. The van der Waals surface area contributed by atoms with Gasteiger partial charge in [0.1, 0.15) is 17.2 Å². The molecule has 2 amide bonds. The molecule has 3 saturated heterocycles. The van der Waals surface area contributed by atoms with Gasteiger partial charge in [-0.25, -0.2) is 9.59 Å². The number of methoxy groups -OCH3 is 1. The minimum Gasteiger partial charge on any atom is -0.467 e. The zero-order valence-corrected chi connectivity index (χ0v) is 18.0. The number of ether oxygens (including phenoxy) is 2. The van der Waals surface area contributed by atoms with E-state index in [4.69, 9.17) is 9.47 Å². The minimum absolute atomic E-state index is 0.142. The van der Waals surface area contributed by atoms with Gasteiger partial charge in [-0.15, -0.1) is 11.8 Å². The number of hydrogen-bond donors (Lipinski definition) is 1. The van der Waals surface area contributed by atoms with E-state index in [1.807, 2.05) is 0 Å². The van der Waals surface area contributed by atoms with Gasteiger partial charge >= 0.3 is 12.1 Å². The van der Waals surface area contributed by atoms with Gasteiger partial charge in [-0.2, -0.15) is 0 Å². The van der Waals surface area contributed by atoms with Gasteiger partial charge in [-0.05, 0) is 46.7 Å². The molecule has 0 aromatic heterocycles. The fourth-order valence-electron chi connectivity index (χ4n) is 4.22. The molecule has 1 N–H and O–H groups in total. The summed E-state index contributed by atoms with van der Waals surface area (Å²) in [5, 5.41) is 2.75. The number of fused-ring (bicyclic) bond motifs is 1. The van der Waals surface area contributed by atoms with Crippen LogP contribution in [-0.2, 0) is 19.1 Å². The van der Waals surface area contributed by atoms with Crippen molar-refractivity contribution in [3.05, 3.63) is 0 Å². The lowest BCUT2D eigenvalue weighted by Crippen LogP contribution is -2.62. The van der Waals surface area contributed by atoms with Gasteiger partial charge < -0.3 is 24.6 Å². The maximum Gasteiger partial charge on any atom is 0.408 e. The van der Waals surface area contributed by atoms with Gasteiger partial charge in [0.15, 0.2) is 0 Å². The van der Waals surface area contributed by atoms with Crippen molar-refractivity contribution in [1.82, 2.24) is 15.1 Å². The van der Waals surface area contributed by atoms with Crippen LogP contribution in [0.1, 0.15) is 46.5 Å². The summed E-state index contributed by atoms with van der Waals surface area (Å²) < 4.78 is 10.3. The highest BCUT2D eigenvalue weighted by atomic mass is 32.2. The third-order valence-corrected chi connectivity index (χ3v) is 6.70. The van der Waals surface area contributed by atoms with Crippen molar-refractivity contribution < 1.29 is 23.9 Å². The topological polar surface area (TPSA) is 88.2 Å². The maximum absolute atomic E-state index is 13.5. The van der Waals surface area contributed by atoms with Crippen LogP contribution in [0.4, 0.5) is 4.79 Å². The molecule has 3 fully saturated rings. The van der Waals surface area contributed by atoms with Crippen molar-refractivity contribution in [3.63, 3.8) is 0 Å². The molecule has 3 aliphatic heterocycles. The quantitative estimate of drug-likeness (QED) is 0.700. The Kier molecular flexibility index (Phi) is 6.14. The average molecular weight is 414 g/mol. The number of carbonyl (C=O) groups excluding carboxylic acids is 3. The highest BCUT2D eigenvalue weighted by molar-refractivity contribution is 8.00. The van der Waals surface area contributed by atoms with Crippen LogP contribution in [0.15, 0.2) is 0 Å². The molecule has 3 aliphatic rings. The van der Waals surface area contributed by atoms with E-state index in [-0.39, 0.29) is 11.3 Å². The normalized spacial score (nSPS) is 30.9. The van der Waals surface area contributed by atoms with E-state index >= 15 is 0 Å². The summed E-state index contributed by atoms with van der Waals surface area (Å²) in [5.74, 6) is -0.0984. The molecule has 3 atom stereocenters. The van der Waals surface area contributed by atoms with Crippen molar-refractivity contribution in [2.24, 2.45) is 0 Å². The SMILES string of the molecule is COC(=O)[C@@H]1CS[C@H]2C[C@@](CN3CCCCC3)(NC(=O)OC(C)(C)C)C(=O)N21. The van der Waals surface area contributed by atoms with Crippen LogP contribution < -0.4 is 5.32 Å². The Labute approximate surface area is 170 Å². The summed E-state index contributed by atoms with van der Waals surface area (Å²) in [6.07, 6.45) is 3.22. The molecule has 0 saturated carbocycles.